The van der Waals surface area contributed by atoms with E-state index in [-0.39, 0.29) is 18.4 Å². The zero-order chi connectivity index (χ0) is 18.1. The Morgan fingerprint density at radius 2 is 2.12 bits per heavy atom. The van der Waals surface area contributed by atoms with Crippen molar-refractivity contribution in [1.29, 1.82) is 0 Å². The van der Waals surface area contributed by atoms with Gasteiger partial charge >= 0.3 is 0 Å². The molecule has 0 saturated heterocycles. The molecule has 4 rings (SSSR count). The lowest BCUT2D eigenvalue weighted by Crippen LogP contribution is -2.43. The monoisotopic (exact) mass is 350 g/mol. The Balaban J connectivity index is 1.42. The van der Waals surface area contributed by atoms with Gasteiger partial charge in [-0.05, 0) is 30.3 Å². The molecule has 0 unspecified atom stereocenters. The maximum Gasteiger partial charge on any atom is 0.265 e. The fraction of sp³-hybridized carbons (Fsp3) is 0.211. The Labute approximate surface area is 150 Å². The molecule has 0 saturated carbocycles. The van der Waals surface area contributed by atoms with Gasteiger partial charge in [-0.2, -0.15) is 5.10 Å². The van der Waals surface area contributed by atoms with Gasteiger partial charge in [-0.3, -0.25) is 14.3 Å². The van der Waals surface area contributed by atoms with Crippen molar-refractivity contribution in [2.75, 3.05) is 24.6 Å². The molecule has 7 heteroatoms. The first-order valence-electron chi connectivity index (χ1n) is 8.35. The number of rotatable bonds is 4. The average molecular weight is 350 g/mol. The van der Waals surface area contributed by atoms with Crippen LogP contribution in [0.1, 0.15) is 10.4 Å². The van der Waals surface area contributed by atoms with Crippen LogP contribution in [0.2, 0.25) is 0 Å². The highest BCUT2D eigenvalue weighted by molar-refractivity contribution is 5.99. The average Bonchev–Trinajstić information content (AvgIpc) is 3.02. The molecule has 1 aromatic heterocycles. The Morgan fingerprint density at radius 1 is 1.27 bits per heavy atom. The summed E-state index contributed by atoms with van der Waals surface area (Å²) in [6.45, 7) is 0.757. The number of nitrogens with one attached hydrogen (secondary N) is 1. The summed E-state index contributed by atoms with van der Waals surface area (Å²) in [6, 6.07) is 12.8. The number of benzene rings is 2. The molecular weight excluding hydrogens is 332 g/mol. The number of hydrogen-bond donors (Lipinski definition) is 1. The number of aromatic nitrogens is 2. The lowest BCUT2D eigenvalue weighted by atomic mass is 10.1. The molecule has 0 aliphatic carbocycles. The molecule has 0 atom stereocenters. The van der Waals surface area contributed by atoms with Crippen molar-refractivity contribution >= 4 is 28.4 Å². The van der Waals surface area contributed by atoms with Crippen molar-refractivity contribution < 1.29 is 14.3 Å². The Bertz CT molecular complexity index is 995. The van der Waals surface area contributed by atoms with Crippen molar-refractivity contribution in [1.82, 2.24) is 15.1 Å². The normalized spacial score (nSPS) is 13.4. The number of para-hydroxylation sites is 2. The van der Waals surface area contributed by atoms with E-state index in [4.69, 9.17) is 4.74 Å². The number of nitrogens with zero attached hydrogens (tertiary/aromatic N) is 3. The lowest BCUT2D eigenvalue weighted by Gasteiger charge is -2.29. The van der Waals surface area contributed by atoms with Crippen molar-refractivity contribution in [3.63, 3.8) is 0 Å². The molecule has 132 valence electrons. The number of carbonyl (C=O) groups excluding carboxylic acids is 2. The van der Waals surface area contributed by atoms with E-state index in [9.17, 15) is 9.59 Å². The fourth-order valence-corrected chi connectivity index (χ4v) is 3.07. The molecule has 7 nitrogen and oxygen atoms in total. The van der Waals surface area contributed by atoms with Crippen LogP contribution in [0.5, 0.6) is 5.75 Å². The molecule has 0 radical (unpaired) electrons. The van der Waals surface area contributed by atoms with Crippen LogP contribution >= 0.6 is 0 Å². The second-order valence-electron chi connectivity index (χ2n) is 6.13. The molecule has 1 aliphatic heterocycles. The Hall–Kier alpha value is -3.35. The predicted octanol–water partition coefficient (Wildman–Crippen LogP) is 1.73. The van der Waals surface area contributed by atoms with Gasteiger partial charge in [0, 0.05) is 37.3 Å². The minimum Gasteiger partial charge on any atom is -0.482 e. The van der Waals surface area contributed by atoms with Crippen molar-refractivity contribution in [2.45, 2.75) is 0 Å². The number of fused-ring (bicyclic) bond motifs is 2. The van der Waals surface area contributed by atoms with Gasteiger partial charge in [-0.15, -0.1) is 0 Å². The summed E-state index contributed by atoms with van der Waals surface area (Å²) in [5.74, 6) is 0.389. The predicted molar refractivity (Wildman–Crippen MR) is 97.3 cm³/mol. The van der Waals surface area contributed by atoms with Gasteiger partial charge in [0.05, 0.1) is 11.2 Å². The summed E-state index contributed by atoms with van der Waals surface area (Å²) in [5.41, 5.74) is 2.15. The third-order valence-corrected chi connectivity index (χ3v) is 4.31. The standard InChI is InChI=1S/C19H18N4O3/c1-22-11-14-10-13(6-7-15(14)21-22)19(25)20-8-9-23-16-4-2-3-5-17(16)26-12-18(23)24/h2-7,10-11H,8-9,12H2,1H3,(H,20,25). The van der Waals surface area contributed by atoms with Crippen LogP contribution in [-0.4, -0.2) is 41.3 Å². The maximum atomic E-state index is 12.4. The van der Waals surface area contributed by atoms with Gasteiger partial charge < -0.3 is 15.0 Å². The third-order valence-electron chi connectivity index (χ3n) is 4.31. The Kier molecular flexibility index (Phi) is 4.04. The molecule has 2 heterocycles. The van der Waals surface area contributed by atoms with Crippen molar-refractivity contribution in [3.8, 4) is 5.75 Å². The van der Waals surface area contributed by atoms with Crippen molar-refractivity contribution in [3.05, 3.63) is 54.2 Å². The summed E-state index contributed by atoms with van der Waals surface area (Å²) in [6.07, 6.45) is 1.87. The largest absolute Gasteiger partial charge is 0.482 e. The SMILES string of the molecule is Cn1cc2cc(C(=O)NCCN3C(=O)COc4ccccc43)ccc2n1. The molecule has 1 N–H and O–H groups in total. The maximum absolute atomic E-state index is 12.4. The van der Waals surface area contributed by atoms with E-state index in [0.717, 1.165) is 16.6 Å². The highest BCUT2D eigenvalue weighted by Gasteiger charge is 2.24. The minimum absolute atomic E-state index is 0.0165. The highest BCUT2D eigenvalue weighted by atomic mass is 16.5. The molecule has 1 aliphatic rings. The molecule has 3 aromatic rings. The van der Waals surface area contributed by atoms with E-state index < -0.39 is 0 Å². The number of aryl methyl sites for hydroxylation is 1. The topological polar surface area (TPSA) is 76.5 Å². The second kappa shape index (κ2) is 6.51. The van der Waals surface area contributed by atoms with Crippen LogP contribution in [0, 0.1) is 0 Å². The zero-order valence-electron chi connectivity index (χ0n) is 14.3. The van der Waals surface area contributed by atoms with E-state index in [0.29, 0.717) is 24.4 Å². The van der Waals surface area contributed by atoms with Gasteiger partial charge in [0.15, 0.2) is 6.61 Å². The van der Waals surface area contributed by atoms with E-state index in [1.807, 2.05) is 49.6 Å². The van der Waals surface area contributed by atoms with Crippen LogP contribution in [-0.2, 0) is 11.8 Å². The number of ether oxygens (including phenoxy) is 1. The fourth-order valence-electron chi connectivity index (χ4n) is 3.07. The molecule has 0 bridgehead atoms. The molecule has 0 fully saturated rings. The van der Waals surface area contributed by atoms with Crippen LogP contribution < -0.4 is 15.0 Å². The summed E-state index contributed by atoms with van der Waals surface area (Å²) in [4.78, 5) is 26.2. The lowest BCUT2D eigenvalue weighted by molar-refractivity contribution is -0.121. The summed E-state index contributed by atoms with van der Waals surface area (Å²) in [7, 11) is 1.84. The number of amides is 2. The smallest absolute Gasteiger partial charge is 0.265 e. The van der Waals surface area contributed by atoms with Crippen LogP contribution in [0.3, 0.4) is 0 Å². The first kappa shape index (κ1) is 16.1. The number of hydrogen-bond acceptors (Lipinski definition) is 4. The number of carbonyl (C=O) groups is 2. The first-order valence-corrected chi connectivity index (χ1v) is 8.35. The highest BCUT2D eigenvalue weighted by Crippen LogP contribution is 2.30. The van der Waals surface area contributed by atoms with E-state index in [2.05, 4.69) is 10.4 Å². The quantitative estimate of drug-likeness (QED) is 0.777. The summed E-state index contributed by atoms with van der Waals surface area (Å²) >= 11 is 0. The second-order valence-corrected chi connectivity index (χ2v) is 6.13. The molecule has 0 spiro atoms. The van der Waals surface area contributed by atoms with Crippen LogP contribution in [0.4, 0.5) is 5.69 Å². The molecular formula is C19H18N4O3. The zero-order valence-corrected chi connectivity index (χ0v) is 14.3. The van der Waals surface area contributed by atoms with E-state index in [1.165, 1.54) is 0 Å². The molecule has 26 heavy (non-hydrogen) atoms. The van der Waals surface area contributed by atoms with E-state index >= 15 is 0 Å². The van der Waals surface area contributed by atoms with Gasteiger partial charge in [-0.25, -0.2) is 0 Å². The summed E-state index contributed by atoms with van der Waals surface area (Å²) < 4.78 is 7.14. The molecule has 2 aromatic carbocycles. The minimum atomic E-state index is -0.176. The van der Waals surface area contributed by atoms with Gasteiger partial charge in [0.25, 0.3) is 11.8 Å². The van der Waals surface area contributed by atoms with Gasteiger partial charge in [0.2, 0.25) is 0 Å². The molecule has 2 amide bonds. The number of anilines is 1. The summed E-state index contributed by atoms with van der Waals surface area (Å²) in [5, 5.41) is 8.08. The van der Waals surface area contributed by atoms with Crippen LogP contribution in [0.25, 0.3) is 10.9 Å². The van der Waals surface area contributed by atoms with Crippen LogP contribution in [0.15, 0.2) is 48.7 Å². The van der Waals surface area contributed by atoms with Crippen molar-refractivity contribution in [2.24, 2.45) is 7.05 Å². The van der Waals surface area contributed by atoms with Gasteiger partial charge in [0.1, 0.15) is 5.75 Å². The van der Waals surface area contributed by atoms with E-state index in [1.54, 1.807) is 15.6 Å². The van der Waals surface area contributed by atoms with Gasteiger partial charge in [-0.1, -0.05) is 12.1 Å². The Morgan fingerprint density at radius 3 is 3.00 bits per heavy atom. The third kappa shape index (κ3) is 2.99. The first-order chi connectivity index (χ1) is 12.6.